The average molecular weight is 207 g/mol. The third-order valence-electron chi connectivity index (χ3n) is 1.82. The number of pyridine rings is 1. The number of fused-ring (bicyclic) bond motifs is 1. The Labute approximate surface area is 84.6 Å². The molecule has 0 aliphatic heterocycles. The van der Waals surface area contributed by atoms with Crippen molar-refractivity contribution < 1.29 is 9.84 Å². The van der Waals surface area contributed by atoms with Gasteiger partial charge in [-0.2, -0.15) is 4.98 Å². The number of nitrogens with one attached hydrogen (secondary N) is 1. The average Bonchev–Trinajstić information content (AvgIpc) is 2.26. The van der Waals surface area contributed by atoms with E-state index in [1.54, 1.807) is 6.07 Å². The molecule has 0 unspecified atom stereocenters. The maximum Gasteiger partial charge on any atom is 0.297 e. The predicted molar refractivity (Wildman–Crippen MR) is 52.7 cm³/mol. The second-order valence-corrected chi connectivity index (χ2v) is 2.84. The van der Waals surface area contributed by atoms with E-state index in [1.165, 1.54) is 12.4 Å². The molecule has 2 aromatic rings. The van der Waals surface area contributed by atoms with Crippen LogP contribution in [-0.2, 0) is 0 Å². The number of ether oxygens (including phenoxy) is 1. The lowest BCUT2D eigenvalue weighted by atomic mass is 10.3. The number of rotatable bonds is 3. The fraction of sp³-hybridized carbons (Fsp3) is 0.222. The first-order valence-electron chi connectivity index (χ1n) is 4.39. The first-order valence-corrected chi connectivity index (χ1v) is 4.39. The highest BCUT2D eigenvalue weighted by Gasteiger charge is 2.03. The summed E-state index contributed by atoms with van der Waals surface area (Å²) in [6.07, 6.45) is 3.00. The number of hydrogen-bond acceptors (Lipinski definition) is 5. The minimum absolute atomic E-state index is 0.0920. The Balaban J connectivity index is 2.48. The van der Waals surface area contributed by atoms with Gasteiger partial charge in [-0.15, -0.1) is 0 Å². The van der Waals surface area contributed by atoms with E-state index >= 15 is 0 Å². The van der Waals surface area contributed by atoms with E-state index in [9.17, 15) is 4.79 Å². The molecule has 0 saturated heterocycles. The number of hydrogen-bond donors (Lipinski definition) is 2. The molecule has 0 fully saturated rings. The van der Waals surface area contributed by atoms with E-state index in [2.05, 4.69) is 15.0 Å². The molecule has 15 heavy (non-hydrogen) atoms. The van der Waals surface area contributed by atoms with E-state index in [4.69, 9.17) is 9.84 Å². The van der Waals surface area contributed by atoms with Gasteiger partial charge in [-0.3, -0.25) is 14.8 Å². The van der Waals surface area contributed by atoms with Gasteiger partial charge in [0.15, 0.2) is 0 Å². The molecule has 0 radical (unpaired) electrons. The Kier molecular flexibility index (Phi) is 2.59. The Hall–Kier alpha value is -1.95. The zero-order valence-electron chi connectivity index (χ0n) is 7.80. The monoisotopic (exact) mass is 207 g/mol. The summed E-state index contributed by atoms with van der Waals surface area (Å²) in [4.78, 5) is 21.8. The summed E-state index contributed by atoms with van der Waals surface area (Å²) in [5.74, 6) is 0. The molecule has 6 heteroatoms. The maximum absolute atomic E-state index is 11.5. The summed E-state index contributed by atoms with van der Waals surface area (Å²) < 4.78 is 5.00. The van der Waals surface area contributed by atoms with Crippen molar-refractivity contribution >= 4 is 10.9 Å². The van der Waals surface area contributed by atoms with Gasteiger partial charge in [0.25, 0.3) is 11.6 Å². The summed E-state index contributed by atoms with van der Waals surface area (Å²) in [6.45, 7) is -0.0382. The van der Waals surface area contributed by atoms with Crippen LogP contribution in [0.5, 0.6) is 6.01 Å². The van der Waals surface area contributed by atoms with Crippen LogP contribution in [-0.4, -0.2) is 33.3 Å². The highest BCUT2D eigenvalue weighted by atomic mass is 16.5. The second-order valence-electron chi connectivity index (χ2n) is 2.84. The van der Waals surface area contributed by atoms with Gasteiger partial charge in [0.2, 0.25) is 0 Å². The molecule has 0 atom stereocenters. The van der Waals surface area contributed by atoms with E-state index in [-0.39, 0.29) is 24.8 Å². The highest BCUT2D eigenvalue weighted by molar-refractivity contribution is 5.76. The van der Waals surface area contributed by atoms with Crippen LogP contribution in [0, 0.1) is 0 Å². The summed E-state index contributed by atoms with van der Waals surface area (Å²) in [5.41, 5.74) is 0.185. The fourth-order valence-corrected chi connectivity index (χ4v) is 1.18. The lowest BCUT2D eigenvalue weighted by molar-refractivity contribution is 0.191. The van der Waals surface area contributed by atoms with Crippen molar-refractivity contribution in [3.05, 3.63) is 28.8 Å². The van der Waals surface area contributed by atoms with E-state index in [0.717, 1.165) is 0 Å². The molecule has 0 spiro atoms. The van der Waals surface area contributed by atoms with Crippen LogP contribution < -0.4 is 10.3 Å². The molecule has 2 rings (SSSR count). The fourth-order valence-electron chi connectivity index (χ4n) is 1.18. The summed E-state index contributed by atoms with van der Waals surface area (Å²) in [7, 11) is 0. The van der Waals surface area contributed by atoms with Crippen molar-refractivity contribution in [1.29, 1.82) is 0 Å². The molecule has 2 aromatic heterocycles. The lowest BCUT2D eigenvalue weighted by Gasteiger charge is -2.02. The van der Waals surface area contributed by atoms with Crippen LogP contribution in [0.4, 0.5) is 0 Å². The predicted octanol–water partition coefficient (Wildman–Crippen LogP) is -0.311. The topological polar surface area (TPSA) is 88.1 Å². The van der Waals surface area contributed by atoms with Gasteiger partial charge in [0.1, 0.15) is 6.61 Å². The largest absolute Gasteiger partial charge is 0.462 e. The Bertz CT molecular complexity index is 523. The molecule has 2 N–H and O–H groups in total. The van der Waals surface area contributed by atoms with Crippen molar-refractivity contribution in [2.75, 3.05) is 13.2 Å². The van der Waals surface area contributed by atoms with Gasteiger partial charge in [0, 0.05) is 6.20 Å². The first kappa shape index (κ1) is 9.60. The van der Waals surface area contributed by atoms with Gasteiger partial charge in [-0.25, -0.2) is 0 Å². The van der Waals surface area contributed by atoms with E-state index in [0.29, 0.717) is 10.9 Å². The molecule has 6 nitrogen and oxygen atoms in total. The lowest BCUT2D eigenvalue weighted by Crippen LogP contribution is -2.12. The molecule has 2 heterocycles. The molecule has 0 aliphatic rings. The molecular weight excluding hydrogens is 198 g/mol. The van der Waals surface area contributed by atoms with Gasteiger partial charge in [-0.1, -0.05) is 0 Å². The highest BCUT2D eigenvalue weighted by Crippen LogP contribution is 2.07. The van der Waals surface area contributed by atoms with Crippen molar-refractivity contribution in [1.82, 2.24) is 15.0 Å². The third kappa shape index (κ3) is 1.94. The molecule has 0 aromatic carbocycles. The van der Waals surface area contributed by atoms with Crippen molar-refractivity contribution in [2.45, 2.75) is 0 Å². The number of aliphatic hydroxyl groups excluding tert-OH is 1. The van der Waals surface area contributed by atoms with Crippen LogP contribution in [0.3, 0.4) is 0 Å². The molecule has 0 bridgehead atoms. The molecule has 78 valence electrons. The first-order chi connectivity index (χ1) is 7.31. The van der Waals surface area contributed by atoms with Crippen LogP contribution in [0.2, 0.25) is 0 Å². The zero-order chi connectivity index (χ0) is 10.7. The summed E-state index contributed by atoms with van der Waals surface area (Å²) in [5, 5.41) is 9.01. The maximum atomic E-state index is 11.5. The summed E-state index contributed by atoms with van der Waals surface area (Å²) in [6, 6.07) is 1.67. The minimum atomic E-state index is -0.282. The Morgan fingerprint density at radius 3 is 3.20 bits per heavy atom. The molecule has 0 amide bonds. The van der Waals surface area contributed by atoms with Crippen molar-refractivity contribution in [2.24, 2.45) is 0 Å². The van der Waals surface area contributed by atoms with Gasteiger partial charge in [0.05, 0.1) is 23.7 Å². The third-order valence-corrected chi connectivity index (χ3v) is 1.82. The SMILES string of the molecule is O=c1[nH]c(OCCO)nc2cnccc12. The molecule has 0 saturated carbocycles. The smallest absolute Gasteiger partial charge is 0.297 e. The molecule has 0 aliphatic carbocycles. The number of nitrogens with zero attached hydrogens (tertiary/aromatic N) is 2. The zero-order valence-corrected chi connectivity index (χ0v) is 7.80. The van der Waals surface area contributed by atoms with Crippen LogP contribution in [0.25, 0.3) is 10.9 Å². The van der Waals surface area contributed by atoms with Crippen LogP contribution >= 0.6 is 0 Å². The Morgan fingerprint density at radius 1 is 1.53 bits per heavy atom. The van der Waals surface area contributed by atoms with E-state index in [1.807, 2.05) is 0 Å². The van der Waals surface area contributed by atoms with Crippen molar-refractivity contribution in [3.63, 3.8) is 0 Å². The number of aromatic amines is 1. The minimum Gasteiger partial charge on any atom is -0.462 e. The standard InChI is InChI=1S/C9H9N3O3/c13-3-4-15-9-11-7-5-10-2-1-6(7)8(14)12-9/h1-2,5,13H,3-4H2,(H,11,12,14). The summed E-state index contributed by atoms with van der Waals surface area (Å²) >= 11 is 0. The van der Waals surface area contributed by atoms with Gasteiger partial charge < -0.3 is 9.84 Å². The quantitative estimate of drug-likeness (QED) is 0.720. The van der Waals surface area contributed by atoms with Crippen LogP contribution in [0.15, 0.2) is 23.3 Å². The normalized spacial score (nSPS) is 10.5. The second kappa shape index (κ2) is 4.05. The van der Waals surface area contributed by atoms with Gasteiger partial charge >= 0.3 is 0 Å². The van der Waals surface area contributed by atoms with E-state index < -0.39 is 0 Å². The number of aliphatic hydroxyl groups is 1. The van der Waals surface area contributed by atoms with Crippen molar-refractivity contribution in [3.8, 4) is 6.01 Å². The molecular formula is C9H9N3O3. The van der Waals surface area contributed by atoms with Crippen LogP contribution in [0.1, 0.15) is 0 Å². The Morgan fingerprint density at radius 2 is 2.40 bits per heavy atom. The van der Waals surface area contributed by atoms with Gasteiger partial charge in [-0.05, 0) is 6.07 Å². The number of aromatic nitrogens is 3. The number of H-pyrrole nitrogens is 1.